The van der Waals surface area contributed by atoms with Crippen molar-refractivity contribution >= 4 is 0 Å². The molecule has 1 aromatic carbocycles. The first-order valence-electron chi connectivity index (χ1n) is 6.28. The van der Waals surface area contributed by atoms with Crippen LogP contribution in [0.5, 0.6) is 17.4 Å². The second kappa shape index (κ2) is 5.31. The number of hydrogen-bond donors (Lipinski definition) is 0. The van der Waals surface area contributed by atoms with Gasteiger partial charge in [-0.25, -0.2) is 4.98 Å². The van der Waals surface area contributed by atoms with E-state index >= 15 is 0 Å². The summed E-state index contributed by atoms with van der Waals surface area (Å²) in [6.45, 7) is 6.56. The van der Waals surface area contributed by atoms with E-state index in [1.54, 1.807) is 13.3 Å². The van der Waals surface area contributed by atoms with Crippen LogP contribution in [0, 0.1) is 0 Å². The fourth-order valence-corrected chi connectivity index (χ4v) is 1.74. The van der Waals surface area contributed by atoms with E-state index in [4.69, 9.17) is 9.47 Å². The van der Waals surface area contributed by atoms with Gasteiger partial charge in [-0.05, 0) is 35.2 Å². The summed E-state index contributed by atoms with van der Waals surface area (Å²) < 4.78 is 10.9. The van der Waals surface area contributed by atoms with Crippen molar-refractivity contribution in [2.24, 2.45) is 0 Å². The average Bonchev–Trinajstić information content (AvgIpc) is 2.39. The zero-order valence-electron chi connectivity index (χ0n) is 11.8. The first-order chi connectivity index (χ1) is 9.00. The lowest BCUT2D eigenvalue weighted by Crippen LogP contribution is -2.10. The Morgan fingerprint density at radius 2 is 1.68 bits per heavy atom. The average molecular weight is 257 g/mol. The number of hydrogen-bond acceptors (Lipinski definition) is 3. The topological polar surface area (TPSA) is 31.4 Å². The third kappa shape index (κ3) is 3.25. The molecule has 3 nitrogen and oxygen atoms in total. The molecule has 1 heterocycles. The van der Waals surface area contributed by atoms with Crippen molar-refractivity contribution in [1.29, 1.82) is 0 Å². The number of benzene rings is 1. The van der Waals surface area contributed by atoms with E-state index in [0.717, 1.165) is 5.75 Å². The summed E-state index contributed by atoms with van der Waals surface area (Å²) in [7, 11) is 1.60. The minimum atomic E-state index is 0.140. The Hall–Kier alpha value is -2.03. The van der Waals surface area contributed by atoms with Crippen molar-refractivity contribution in [3.05, 3.63) is 48.2 Å². The van der Waals surface area contributed by atoms with Crippen LogP contribution in [0.1, 0.15) is 26.3 Å². The maximum Gasteiger partial charge on any atom is 0.262 e. The largest absolute Gasteiger partial charge is 0.491 e. The highest BCUT2D eigenvalue weighted by molar-refractivity contribution is 5.38. The highest BCUT2D eigenvalue weighted by atomic mass is 16.5. The van der Waals surface area contributed by atoms with Crippen molar-refractivity contribution in [3.63, 3.8) is 0 Å². The Balaban J connectivity index is 2.20. The molecule has 0 N–H and O–H groups in total. The molecule has 0 aliphatic carbocycles. The van der Waals surface area contributed by atoms with Gasteiger partial charge in [0.25, 0.3) is 5.88 Å². The van der Waals surface area contributed by atoms with Gasteiger partial charge >= 0.3 is 0 Å². The third-order valence-electron chi connectivity index (χ3n) is 2.89. The van der Waals surface area contributed by atoms with Crippen LogP contribution in [0.2, 0.25) is 0 Å². The van der Waals surface area contributed by atoms with Crippen LogP contribution in [-0.2, 0) is 5.41 Å². The van der Waals surface area contributed by atoms with Crippen LogP contribution in [-0.4, -0.2) is 12.1 Å². The van der Waals surface area contributed by atoms with Gasteiger partial charge < -0.3 is 9.47 Å². The SMILES string of the molecule is COc1cccnc1Oc1ccc(C(C)(C)C)cc1. The Bertz CT molecular complexity index is 541. The molecule has 2 aromatic rings. The van der Waals surface area contributed by atoms with Crippen molar-refractivity contribution in [2.45, 2.75) is 26.2 Å². The van der Waals surface area contributed by atoms with Gasteiger partial charge in [0.1, 0.15) is 5.75 Å². The Labute approximate surface area is 114 Å². The van der Waals surface area contributed by atoms with E-state index in [2.05, 4.69) is 37.9 Å². The maximum atomic E-state index is 5.73. The van der Waals surface area contributed by atoms with Crippen LogP contribution in [0.3, 0.4) is 0 Å². The minimum absolute atomic E-state index is 0.140. The van der Waals surface area contributed by atoms with Gasteiger partial charge in [-0.15, -0.1) is 0 Å². The number of rotatable bonds is 3. The number of pyridine rings is 1. The molecular weight excluding hydrogens is 238 g/mol. The second-order valence-electron chi connectivity index (χ2n) is 5.39. The van der Waals surface area contributed by atoms with Crippen molar-refractivity contribution in [3.8, 4) is 17.4 Å². The molecule has 0 aliphatic heterocycles. The summed E-state index contributed by atoms with van der Waals surface area (Å²) in [5.41, 5.74) is 1.41. The van der Waals surface area contributed by atoms with Crippen LogP contribution < -0.4 is 9.47 Å². The molecule has 0 aliphatic rings. The van der Waals surface area contributed by atoms with Gasteiger partial charge in [-0.1, -0.05) is 32.9 Å². The quantitative estimate of drug-likeness (QED) is 0.826. The molecule has 19 heavy (non-hydrogen) atoms. The highest BCUT2D eigenvalue weighted by Gasteiger charge is 2.13. The standard InChI is InChI=1S/C16H19NO2/c1-16(2,3)12-7-9-13(10-8-12)19-15-14(18-4)6-5-11-17-15/h5-11H,1-4H3. The van der Waals surface area contributed by atoms with Gasteiger partial charge in [0, 0.05) is 6.20 Å². The van der Waals surface area contributed by atoms with Crippen LogP contribution in [0.25, 0.3) is 0 Å². The molecule has 0 radical (unpaired) electrons. The van der Waals surface area contributed by atoms with Gasteiger partial charge in [-0.2, -0.15) is 0 Å². The molecule has 0 unspecified atom stereocenters. The smallest absolute Gasteiger partial charge is 0.262 e. The zero-order valence-corrected chi connectivity index (χ0v) is 11.8. The van der Waals surface area contributed by atoms with Gasteiger partial charge in [0.2, 0.25) is 0 Å². The van der Waals surface area contributed by atoms with E-state index in [9.17, 15) is 0 Å². The summed E-state index contributed by atoms with van der Waals surface area (Å²) in [5.74, 6) is 1.86. The normalized spacial score (nSPS) is 11.2. The molecular formula is C16H19NO2. The van der Waals surface area contributed by atoms with Crippen LogP contribution in [0.15, 0.2) is 42.6 Å². The fourth-order valence-electron chi connectivity index (χ4n) is 1.74. The number of nitrogens with zero attached hydrogens (tertiary/aromatic N) is 1. The molecule has 100 valence electrons. The first kappa shape index (κ1) is 13.4. The summed E-state index contributed by atoms with van der Waals surface area (Å²) >= 11 is 0. The minimum Gasteiger partial charge on any atom is -0.491 e. The van der Waals surface area contributed by atoms with Crippen LogP contribution in [0.4, 0.5) is 0 Å². The summed E-state index contributed by atoms with van der Waals surface area (Å²) in [6.07, 6.45) is 1.68. The molecule has 3 heteroatoms. The van der Waals surface area contributed by atoms with Crippen LogP contribution >= 0.6 is 0 Å². The molecule has 0 saturated carbocycles. The second-order valence-corrected chi connectivity index (χ2v) is 5.39. The van der Waals surface area contributed by atoms with E-state index in [1.165, 1.54) is 5.56 Å². The van der Waals surface area contributed by atoms with Gasteiger partial charge in [0.15, 0.2) is 5.75 Å². The maximum absolute atomic E-state index is 5.73. The zero-order chi connectivity index (χ0) is 13.9. The van der Waals surface area contributed by atoms with Crippen molar-refractivity contribution in [2.75, 3.05) is 7.11 Å². The van der Waals surface area contributed by atoms with Crippen molar-refractivity contribution < 1.29 is 9.47 Å². The summed E-state index contributed by atoms with van der Waals surface area (Å²) in [6, 6.07) is 11.7. The predicted molar refractivity (Wildman–Crippen MR) is 76.0 cm³/mol. The van der Waals surface area contributed by atoms with Crippen molar-refractivity contribution in [1.82, 2.24) is 4.98 Å². The summed E-state index contributed by atoms with van der Waals surface area (Å²) in [5, 5.41) is 0. The van der Waals surface area contributed by atoms with E-state index < -0.39 is 0 Å². The fraction of sp³-hybridized carbons (Fsp3) is 0.312. The van der Waals surface area contributed by atoms with E-state index in [1.807, 2.05) is 24.3 Å². The summed E-state index contributed by atoms with van der Waals surface area (Å²) in [4.78, 5) is 4.17. The predicted octanol–water partition coefficient (Wildman–Crippen LogP) is 4.18. The Morgan fingerprint density at radius 3 is 2.26 bits per heavy atom. The lowest BCUT2D eigenvalue weighted by Gasteiger charge is -2.19. The third-order valence-corrected chi connectivity index (χ3v) is 2.89. The van der Waals surface area contributed by atoms with E-state index in [0.29, 0.717) is 11.6 Å². The number of methoxy groups -OCH3 is 1. The van der Waals surface area contributed by atoms with Gasteiger partial charge in [0.05, 0.1) is 7.11 Å². The molecule has 2 rings (SSSR count). The first-order valence-corrected chi connectivity index (χ1v) is 6.28. The Kier molecular flexibility index (Phi) is 3.74. The highest BCUT2D eigenvalue weighted by Crippen LogP contribution is 2.30. The molecule has 0 atom stereocenters. The lowest BCUT2D eigenvalue weighted by molar-refractivity contribution is 0.369. The number of aromatic nitrogens is 1. The molecule has 1 aromatic heterocycles. The van der Waals surface area contributed by atoms with Gasteiger partial charge in [-0.3, -0.25) is 0 Å². The lowest BCUT2D eigenvalue weighted by atomic mass is 9.87. The molecule has 0 fully saturated rings. The monoisotopic (exact) mass is 257 g/mol. The molecule has 0 spiro atoms. The van der Waals surface area contributed by atoms with E-state index in [-0.39, 0.29) is 5.41 Å². The molecule has 0 bridgehead atoms. The number of ether oxygens (including phenoxy) is 2. The molecule has 0 amide bonds. The molecule has 0 saturated heterocycles. The Morgan fingerprint density at radius 1 is 1.00 bits per heavy atom.